The predicted molar refractivity (Wildman–Crippen MR) is 215 cm³/mol. The van der Waals surface area contributed by atoms with E-state index in [9.17, 15) is 22.9 Å². The largest absolute Gasteiger partial charge is 0.493 e. The number of carbonyl (C=O) groups excluding carboxylic acids is 1. The zero-order valence-corrected chi connectivity index (χ0v) is 33.7. The molecule has 0 amide bonds. The standard InChI is InChI=1S/C42H44ClF4N2O5PS/c1-28(20-21-52-34-23-38(44)36(39(24-34)56-2)27-53-40(50)22-29-16-18-33(19-17-29)54-55-48-51)49(25-32-14-9-15-37(41(32)43)42(45,46)47)26-35(30-10-5-3-6-11-30)31-12-7-4-8-13-31/h3,5-7,9-16,18,23-24,28,35,55H,4,8,17,19-22,25-27H2,1-2H3/t28-,35?/m1/s1. The molecular weight excluding hydrogens is 787 g/mol. The van der Waals surface area contributed by atoms with Gasteiger partial charge >= 0.3 is 12.1 Å². The number of halogens is 5. The minimum Gasteiger partial charge on any atom is -0.493 e. The number of benzene rings is 3. The molecule has 0 heterocycles. The first kappa shape index (κ1) is 43.2. The van der Waals surface area contributed by atoms with Gasteiger partial charge < -0.3 is 14.0 Å². The molecule has 14 heteroatoms. The summed E-state index contributed by atoms with van der Waals surface area (Å²) < 4.78 is 73.8. The van der Waals surface area contributed by atoms with E-state index in [0.29, 0.717) is 47.8 Å². The number of hydrogen-bond donors (Lipinski definition) is 0. The lowest BCUT2D eigenvalue weighted by molar-refractivity contribution is -0.144. The highest BCUT2D eigenvalue weighted by molar-refractivity contribution is 7.98. The van der Waals surface area contributed by atoms with Crippen molar-refractivity contribution < 1.29 is 36.4 Å². The Morgan fingerprint density at radius 3 is 2.55 bits per heavy atom. The molecule has 0 bridgehead atoms. The van der Waals surface area contributed by atoms with E-state index >= 15 is 4.39 Å². The van der Waals surface area contributed by atoms with Crippen LogP contribution in [0.1, 0.15) is 73.6 Å². The molecule has 0 N–H and O–H groups in total. The van der Waals surface area contributed by atoms with Gasteiger partial charge in [-0.3, -0.25) is 9.69 Å². The third kappa shape index (κ3) is 12.3. The van der Waals surface area contributed by atoms with Crippen LogP contribution in [0.3, 0.4) is 0 Å². The summed E-state index contributed by atoms with van der Waals surface area (Å²) in [6.45, 7) is 2.64. The highest BCUT2D eigenvalue weighted by Gasteiger charge is 2.34. The SMILES string of the molecule is CSc1cc(OCC[C@@H](C)N(Cc2cccc(C(F)(F)F)c2Cl)CC(C2=CCCC=C2)c2ccccc2)cc(F)c1COC(=O)CC1=CC=C(OPN=O)CC1. The van der Waals surface area contributed by atoms with Gasteiger partial charge in [0.25, 0.3) is 0 Å². The van der Waals surface area contributed by atoms with E-state index in [4.69, 9.17) is 25.6 Å². The molecule has 7 nitrogen and oxygen atoms in total. The fourth-order valence-electron chi connectivity index (χ4n) is 6.64. The first-order valence-corrected chi connectivity index (χ1v) is 20.7. The molecule has 3 atom stereocenters. The minimum atomic E-state index is -4.59. The van der Waals surface area contributed by atoms with Gasteiger partial charge in [0.2, 0.25) is 8.96 Å². The zero-order valence-electron chi connectivity index (χ0n) is 31.1. The van der Waals surface area contributed by atoms with E-state index in [1.165, 1.54) is 23.9 Å². The van der Waals surface area contributed by atoms with Gasteiger partial charge in [0, 0.05) is 48.0 Å². The molecule has 56 heavy (non-hydrogen) atoms. The quantitative estimate of drug-likeness (QED) is 0.0391. The summed E-state index contributed by atoms with van der Waals surface area (Å²) in [5.74, 6) is -0.171. The Kier molecular flexibility index (Phi) is 16.2. The fourth-order valence-corrected chi connectivity index (χ4v) is 7.89. The number of thioether (sulfide) groups is 1. The maximum absolute atomic E-state index is 15.5. The number of alkyl halides is 3. The number of carbonyl (C=O) groups is 1. The average Bonchev–Trinajstić information content (AvgIpc) is 3.19. The second-order valence-corrected chi connectivity index (χ2v) is 15.3. The second kappa shape index (κ2) is 21.0. The van der Waals surface area contributed by atoms with Gasteiger partial charge in [0.15, 0.2) is 0 Å². The molecule has 0 aromatic heterocycles. The van der Waals surface area contributed by atoms with Gasteiger partial charge in [-0.2, -0.15) is 13.2 Å². The van der Waals surface area contributed by atoms with Crippen LogP contribution in [0.5, 0.6) is 5.75 Å². The lowest BCUT2D eigenvalue weighted by atomic mass is 9.87. The molecule has 0 saturated carbocycles. The third-order valence-corrected chi connectivity index (χ3v) is 11.4. The highest BCUT2D eigenvalue weighted by Crippen LogP contribution is 2.38. The Labute approximate surface area is 336 Å². The van der Waals surface area contributed by atoms with Gasteiger partial charge in [-0.25, -0.2) is 4.39 Å². The number of esters is 1. The van der Waals surface area contributed by atoms with Crippen molar-refractivity contribution in [3.63, 3.8) is 0 Å². The number of ether oxygens (including phenoxy) is 2. The van der Waals surface area contributed by atoms with Crippen molar-refractivity contribution in [2.75, 3.05) is 19.4 Å². The van der Waals surface area contributed by atoms with Crippen LogP contribution in [0.15, 0.2) is 118 Å². The fraction of sp³-hybridized carbons (Fsp3) is 0.357. The van der Waals surface area contributed by atoms with Crippen molar-refractivity contribution in [3.05, 3.63) is 146 Å². The van der Waals surface area contributed by atoms with Crippen molar-refractivity contribution >= 4 is 38.3 Å². The van der Waals surface area contributed by atoms with Crippen molar-refractivity contribution in [2.45, 2.75) is 81.6 Å². The molecule has 2 unspecified atom stereocenters. The molecule has 0 radical (unpaired) electrons. The van der Waals surface area contributed by atoms with Crippen molar-refractivity contribution in [1.29, 1.82) is 0 Å². The van der Waals surface area contributed by atoms with Gasteiger partial charge in [0.1, 0.15) is 23.9 Å². The summed E-state index contributed by atoms with van der Waals surface area (Å²) in [4.78, 5) is 28.3. The molecule has 3 aromatic rings. The Morgan fingerprint density at radius 2 is 1.88 bits per heavy atom. The Morgan fingerprint density at radius 1 is 1.07 bits per heavy atom. The summed E-state index contributed by atoms with van der Waals surface area (Å²) in [7, 11) is -0.506. The van der Waals surface area contributed by atoms with Crippen molar-refractivity contribution in [2.24, 2.45) is 4.95 Å². The molecule has 2 aliphatic rings. The van der Waals surface area contributed by atoms with E-state index in [-0.39, 0.29) is 48.7 Å². The Hall–Kier alpha value is -3.96. The van der Waals surface area contributed by atoms with E-state index in [1.54, 1.807) is 30.5 Å². The van der Waals surface area contributed by atoms with Crippen LogP contribution in [-0.4, -0.2) is 36.3 Å². The van der Waals surface area contributed by atoms with Crippen molar-refractivity contribution in [3.8, 4) is 5.75 Å². The lowest BCUT2D eigenvalue weighted by Gasteiger charge is -2.34. The average molecular weight is 831 g/mol. The molecule has 3 aromatic carbocycles. The summed E-state index contributed by atoms with van der Waals surface area (Å²) in [5, 5.41) is -0.315. The second-order valence-electron chi connectivity index (χ2n) is 13.5. The van der Waals surface area contributed by atoms with E-state index < -0.39 is 32.5 Å². The summed E-state index contributed by atoms with van der Waals surface area (Å²) in [6, 6.07) is 16.9. The molecule has 5 rings (SSSR count). The van der Waals surface area contributed by atoms with Gasteiger partial charge in [0.05, 0.1) is 23.6 Å². The van der Waals surface area contributed by atoms with Crippen LogP contribution in [0, 0.1) is 10.7 Å². The highest BCUT2D eigenvalue weighted by atomic mass is 35.5. The summed E-state index contributed by atoms with van der Waals surface area (Å²) in [5.41, 5.74) is 2.82. The number of nitroso groups, excluding NO2 is 1. The van der Waals surface area contributed by atoms with Crippen LogP contribution >= 0.6 is 32.3 Å². The van der Waals surface area contributed by atoms with Gasteiger partial charge in [-0.1, -0.05) is 83.9 Å². The number of nitrogens with zero attached hydrogens (tertiary/aromatic N) is 2. The molecule has 0 fully saturated rings. The van der Waals surface area contributed by atoms with E-state index in [0.717, 1.165) is 35.6 Å². The van der Waals surface area contributed by atoms with Crippen molar-refractivity contribution in [1.82, 2.24) is 4.90 Å². The molecule has 0 saturated heterocycles. The molecule has 0 spiro atoms. The minimum absolute atomic E-state index is 0.0449. The first-order chi connectivity index (χ1) is 27.0. The first-order valence-electron chi connectivity index (χ1n) is 18.2. The van der Waals surface area contributed by atoms with Crippen LogP contribution in [0.4, 0.5) is 17.6 Å². The van der Waals surface area contributed by atoms with Crippen LogP contribution in [-0.2, 0) is 33.4 Å². The lowest BCUT2D eigenvalue weighted by Crippen LogP contribution is -2.37. The molecular formula is C42H44ClF4N2O5PS. The summed E-state index contributed by atoms with van der Waals surface area (Å²) in [6.07, 6.45) is 10.6. The maximum Gasteiger partial charge on any atom is 0.417 e. The van der Waals surface area contributed by atoms with Gasteiger partial charge in [-0.05, 0) is 78.7 Å². The third-order valence-electron chi connectivity index (χ3n) is 9.74. The van der Waals surface area contributed by atoms with E-state index in [1.807, 2.05) is 25.1 Å². The topological polar surface area (TPSA) is 77.4 Å². The summed E-state index contributed by atoms with van der Waals surface area (Å²) >= 11 is 7.71. The Balaban J connectivity index is 1.27. The van der Waals surface area contributed by atoms with Gasteiger partial charge in [-0.15, -0.1) is 16.7 Å². The molecule has 0 aliphatic heterocycles. The van der Waals surface area contributed by atoms with Crippen LogP contribution in [0.25, 0.3) is 0 Å². The van der Waals surface area contributed by atoms with Crippen LogP contribution in [0.2, 0.25) is 5.02 Å². The van der Waals surface area contributed by atoms with E-state index in [2.05, 4.69) is 40.2 Å². The smallest absolute Gasteiger partial charge is 0.417 e. The number of hydrogen-bond acceptors (Lipinski definition) is 8. The number of allylic oxidation sites excluding steroid dienone is 6. The maximum atomic E-state index is 15.5. The van der Waals surface area contributed by atoms with Crippen LogP contribution < -0.4 is 4.74 Å². The molecule has 2 aliphatic carbocycles. The Bertz CT molecular complexity index is 1960. The monoisotopic (exact) mass is 830 g/mol. The predicted octanol–water partition coefficient (Wildman–Crippen LogP) is 12.3. The normalized spacial score (nSPS) is 15.6. The zero-order chi connectivity index (χ0) is 40.1. The molecule has 298 valence electrons. The number of rotatable bonds is 19.